The molecule has 4 aliphatic heterocycles. The molecule has 214 valence electrons. The normalized spacial score (nSPS) is 21.6. The number of ether oxygens (including phenoxy) is 2. The lowest BCUT2D eigenvalue weighted by Gasteiger charge is -2.44. The Morgan fingerprint density at radius 1 is 1.02 bits per heavy atom. The van der Waals surface area contributed by atoms with Crippen LogP contribution in [0.1, 0.15) is 29.6 Å². The summed E-state index contributed by atoms with van der Waals surface area (Å²) in [6.45, 7) is 3.63. The average Bonchev–Trinajstić information content (AvgIpc) is 3.13. The number of nitrogens with one attached hydrogen (secondary N) is 2. The Morgan fingerprint density at radius 2 is 1.80 bits per heavy atom. The second-order valence-electron chi connectivity index (χ2n) is 10.7. The Bertz CT molecular complexity index is 1440. The van der Waals surface area contributed by atoms with Gasteiger partial charge < -0.3 is 34.8 Å². The van der Waals surface area contributed by atoms with Crippen LogP contribution in [0.25, 0.3) is 0 Å². The molecule has 3 fully saturated rings. The van der Waals surface area contributed by atoms with Gasteiger partial charge in [-0.2, -0.15) is 4.98 Å². The summed E-state index contributed by atoms with van der Waals surface area (Å²) < 4.78 is 11.0. The molecule has 11 nitrogen and oxygen atoms in total. The lowest BCUT2D eigenvalue weighted by Crippen LogP contribution is -2.57. The third-order valence-electron chi connectivity index (χ3n) is 8.36. The van der Waals surface area contributed by atoms with E-state index in [9.17, 15) is 9.59 Å². The number of piperidine rings is 3. The molecule has 3 saturated heterocycles. The summed E-state index contributed by atoms with van der Waals surface area (Å²) in [6, 6.07) is 13.1. The lowest BCUT2D eigenvalue weighted by atomic mass is 9.84. The van der Waals surface area contributed by atoms with E-state index in [4.69, 9.17) is 14.5 Å². The number of hydrogen-bond donors (Lipinski definition) is 2. The van der Waals surface area contributed by atoms with E-state index >= 15 is 0 Å². The van der Waals surface area contributed by atoms with Crippen LogP contribution in [0.3, 0.4) is 0 Å². The first kappa shape index (κ1) is 26.8. The number of rotatable bonds is 7. The molecule has 4 aliphatic rings. The highest BCUT2D eigenvalue weighted by Crippen LogP contribution is 2.37. The number of fused-ring (bicyclic) bond motifs is 4. The minimum atomic E-state index is -0.0993. The molecule has 1 aromatic heterocycles. The molecule has 0 radical (unpaired) electrons. The molecule has 2 bridgehead atoms. The van der Waals surface area contributed by atoms with Gasteiger partial charge in [0.05, 0.1) is 26.1 Å². The van der Waals surface area contributed by atoms with Crippen LogP contribution >= 0.6 is 0 Å². The van der Waals surface area contributed by atoms with Crippen LogP contribution in [0.4, 0.5) is 28.8 Å². The zero-order valence-corrected chi connectivity index (χ0v) is 23.6. The van der Waals surface area contributed by atoms with Crippen molar-refractivity contribution >= 4 is 40.6 Å². The maximum atomic E-state index is 13.1. The van der Waals surface area contributed by atoms with Gasteiger partial charge in [0.1, 0.15) is 17.2 Å². The van der Waals surface area contributed by atoms with Crippen molar-refractivity contribution in [1.82, 2.24) is 20.2 Å². The number of anilines is 5. The fraction of sp³-hybridized carbons (Fsp3) is 0.400. The van der Waals surface area contributed by atoms with E-state index in [0.717, 1.165) is 43.9 Å². The zero-order chi connectivity index (χ0) is 28.5. The summed E-state index contributed by atoms with van der Waals surface area (Å²) >= 11 is 0. The lowest BCUT2D eigenvalue weighted by molar-refractivity contribution is -0.118. The Labute approximate surface area is 239 Å². The summed E-state index contributed by atoms with van der Waals surface area (Å²) in [4.78, 5) is 41.2. The number of amides is 2. The van der Waals surface area contributed by atoms with Gasteiger partial charge in [-0.05, 0) is 74.3 Å². The molecule has 0 spiro atoms. The average molecular weight is 558 g/mol. The molecule has 0 saturated carbocycles. The van der Waals surface area contributed by atoms with Gasteiger partial charge in [-0.15, -0.1) is 0 Å². The third kappa shape index (κ3) is 5.37. The fourth-order valence-corrected chi connectivity index (χ4v) is 5.93. The van der Waals surface area contributed by atoms with Gasteiger partial charge in [-0.25, -0.2) is 4.98 Å². The van der Waals surface area contributed by atoms with Crippen LogP contribution in [0.15, 0.2) is 48.7 Å². The highest BCUT2D eigenvalue weighted by atomic mass is 16.5. The summed E-state index contributed by atoms with van der Waals surface area (Å²) in [5.74, 6) is 2.63. The second kappa shape index (κ2) is 11.2. The quantitative estimate of drug-likeness (QED) is 0.450. The van der Waals surface area contributed by atoms with Crippen molar-refractivity contribution in [2.24, 2.45) is 5.92 Å². The number of aromatic nitrogens is 2. The summed E-state index contributed by atoms with van der Waals surface area (Å²) in [5, 5.41) is 6.48. The monoisotopic (exact) mass is 557 g/mol. The molecule has 1 atom stereocenters. The summed E-state index contributed by atoms with van der Waals surface area (Å²) in [7, 11) is 4.93. The zero-order valence-electron chi connectivity index (χ0n) is 23.6. The minimum absolute atomic E-state index is 0.0136. The molecule has 1 unspecified atom stereocenters. The van der Waals surface area contributed by atoms with E-state index in [0.29, 0.717) is 53.3 Å². The molecular formula is C30H35N7O4. The molecular weight excluding hydrogens is 522 g/mol. The second-order valence-corrected chi connectivity index (χ2v) is 10.7. The SMILES string of the molecule is COc1ccc(N2CCC(=O)N(C)c3cnc(Nc4ccc(C(=O)NC5CN6CCC5CC6)cc4OC)nc32)cc1. The van der Waals surface area contributed by atoms with Crippen molar-refractivity contribution in [3.05, 3.63) is 54.2 Å². The van der Waals surface area contributed by atoms with Crippen LogP contribution < -0.4 is 29.9 Å². The number of nitrogens with zero attached hydrogens (tertiary/aromatic N) is 5. The Kier molecular flexibility index (Phi) is 7.36. The number of benzene rings is 2. The van der Waals surface area contributed by atoms with E-state index in [1.54, 1.807) is 50.6 Å². The Hall–Kier alpha value is -4.38. The van der Waals surface area contributed by atoms with Crippen LogP contribution in [-0.4, -0.2) is 80.2 Å². The highest BCUT2D eigenvalue weighted by Gasteiger charge is 2.35. The van der Waals surface area contributed by atoms with E-state index in [2.05, 4.69) is 20.5 Å². The molecule has 11 heteroatoms. The predicted molar refractivity (Wildman–Crippen MR) is 157 cm³/mol. The van der Waals surface area contributed by atoms with E-state index in [1.807, 2.05) is 29.2 Å². The Balaban J connectivity index is 1.25. The number of carbonyl (C=O) groups excluding carboxylic acids is 2. The van der Waals surface area contributed by atoms with E-state index in [1.165, 1.54) is 0 Å². The van der Waals surface area contributed by atoms with Crippen molar-refractivity contribution in [2.45, 2.75) is 25.3 Å². The van der Waals surface area contributed by atoms with Gasteiger partial charge in [0.25, 0.3) is 5.91 Å². The molecule has 2 amide bonds. The number of carbonyl (C=O) groups is 2. The first-order valence-corrected chi connectivity index (χ1v) is 14.0. The predicted octanol–water partition coefficient (Wildman–Crippen LogP) is 3.57. The van der Waals surface area contributed by atoms with Crippen molar-refractivity contribution < 1.29 is 19.1 Å². The third-order valence-corrected chi connectivity index (χ3v) is 8.36. The molecule has 41 heavy (non-hydrogen) atoms. The molecule has 7 rings (SSSR count). The van der Waals surface area contributed by atoms with Gasteiger partial charge >= 0.3 is 0 Å². The Morgan fingerprint density at radius 3 is 2.49 bits per heavy atom. The summed E-state index contributed by atoms with van der Waals surface area (Å²) in [5.41, 5.74) is 2.66. The van der Waals surface area contributed by atoms with Gasteiger partial charge in [0.15, 0.2) is 5.82 Å². The number of methoxy groups -OCH3 is 2. The van der Waals surface area contributed by atoms with Crippen molar-refractivity contribution in [1.29, 1.82) is 0 Å². The van der Waals surface area contributed by atoms with Crippen LogP contribution in [0, 0.1) is 5.92 Å². The highest BCUT2D eigenvalue weighted by molar-refractivity contribution is 5.98. The largest absolute Gasteiger partial charge is 0.497 e. The smallest absolute Gasteiger partial charge is 0.251 e. The van der Waals surface area contributed by atoms with Crippen LogP contribution in [-0.2, 0) is 4.79 Å². The van der Waals surface area contributed by atoms with Gasteiger partial charge in [-0.1, -0.05) is 0 Å². The maximum absolute atomic E-state index is 13.1. The first-order chi connectivity index (χ1) is 19.9. The van der Waals surface area contributed by atoms with E-state index in [-0.39, 0.29) is 17.9 Å². The molecule has 3 aromatic rings. The van der Waals surface area contributed by atoms with Gasteiger partial charge in [-0.3, -0.25) is 9.59 Å². The molecule has 5 heterocycles. The van der Waals surface area contributed by atoms with Gasteiger partial charge in [0.2, 0.25) is 11.9 Å². The fourth-order valence-electron chi connectivity index (χ4n) is 5.93. The first-order valence-electron chi connectivity index (χ1n) is 14.0. The minimum Gasteiger partial charge on any atom is -0.497 e. The van der Waals surface area contributed by atoms with Crippen molar-refractivity contribution in [3.63, 3.8) is 0 Å². The standard InChI is InChI=1S/C30H35N7O4/c1-35-25-17-31-30(34-28(25)37(15-12-27(35)38)21-5-7-22(40-2)8-6-21)33-23-9-4-20(16-26(23)41-3)29(39)32-24-18-36-13-10-19(24)11-14-36/h4-9,16-17,19,24H,10-15,18H2,1-3H3,(H,32,39)(H,31,33,34). The topological polar surface area (TPSA) is 112 Å². The van der Waals surface area contributed by atoms with Gasteiger partial charge in [0, 0.05) is 43.9 Å². The maximum Gasteiger partial charge on any atom is 0.251 e. The molecule has 2 N–H and O–H groups in total. The van der Waals surface area contributed by atoms with E-state index < -0.39 is 0 Å². The molecule has 2 aromatic carbocycles. The van der Waals surface area contributed by atoms with Crippen LogP contribution in [0.5, 0.6) is 11.5 Å². The van der Waals surface area contributed by atoms with Crippen molar-refractivity contribution in [2.75, 3.05) is 62.6 Å². The van der Waals surface area contributed by atoms with Crippen LogP contribution in [0.2, 0.25) is 0 Å². The van der Waals surface area contributed by atoms with Crippen molar-refractivity contribution in [3.8, 4) is 11.5 Å². The summed E-state index contributed by atoms with van der Waals surface area (Å²) in [6.07, 6.45) is 4.25. The number of hydrogen-bond acceptors (Lipinski definition) is 9. The molecule has 0 aliphatic carbocycles.